The number of fused-ring (bicyclic) bond motifs is 1. The summed E-state index contributed by atoms with van der Waals surface area (Å²) in [4.78, 5) is 18.2. The third-order valence-electron chi connectivity index (χ3n) is 5.16. The topological polar surface area (TPSA) is 44.1 Å². The molecule has 5 heteroatoms. The minimum atomic E-state index is -0.0214. The van der Waals surface area contributed by atoms with Gasteiger partial charge in [0.2, 0.25) is 0 Å². The van der Waals surface area contributed by atoms with Crippen molar-refractivity contribution in [1.82, 2.24) is 9.55 Å². The van der Waals surface area contributed by atoms with Crippen LogP contribution in [0.25, 0.3) is 10.9 Å². The molecule has 4 aromatic rings. The van der Waals surface area contributed by atoms with E-state index in [-0.39, 0.29) is 5.56 Å². The lowest BCUT2D eigenvalue weighted by atomic mass is 10.1. The molecule has 0 aliphatic rings. The molecule has 0 saturated carbocycles. The van der Waals surface area contributed by atoms with Crippen LogP contribution in [0.5, 0.6) is 5.75 Å². The highest BCUT2D eigenvalue weighted by atomic mass is 32.2. The van der Waals surface area contributed by atoms with Gasteiger partial charge >= 0.3 is 0 Å². The van der Waals surface area contributed by atoms with Crippen molar-refractivity contribution in [3.05, 3.63) is 99.3 Å². The Morgan fingerprint density at radius 1 is 1.00 bits per heavy atom. The molecule has 0 spiro atoms. The Morgan fingerprint density at radius 2 is 1.83 bits per heavy atom. The molecule has 1 heterocycles. The second-order valence-electron chi connectivity index (χ2n) is 7.37. The Balaban J connectivity index is 1.75. The number of aryl methyl sites for hydroxylation is 2. The Kier molecular flexibility index (Phi) is 5.91. The first-order chi connectivity index (χ1) is 14.5. The zero-order valence-corrected chi connectivity index (χ0v) is 18.2. The molecule has 0 fully saturated rings. The van der Waals surface area contributed by atoms with E-state index in [0.717, 1.165) is 27.7 Å². The number of nitrogens with zero attached hydrogens (tertiary/aromatic N) is 2. The molecule has 0 bridgehead atoms. The van der Waals surface area contributed by atoms with Crippen LogP contribution < -0.4 is 10.3 Å². The molecule has 30 heavy (non-hydrogen) atoms. The van der Waals surface area contributed by atoms with E-state index in [1.165, 1.54) is 16.7 Å². The van der Waals surface area contributed by atoms with Crippen molar-refractivity contribution >= 4 is 22.7 Å². The number of aromatic nitrogens is 2. The van der Waals surface area contributed by atoms with Gasteiger partial charge in [0.25, 0.3) is 5.56 Å². The summed E-state index contributed by atoms with van der Waals surface area (Å²) in [5.74, 6) is 1.54. The fraction of sp³-hybridized carbons (Fsp3) is 0.200. The average Bonchev–Trinajstić information content (AvgIpc) is 2.77. The Labute approximate surface area is 180 Å². The fourth-order valence-corrected chi connectivity index (χ4v) is 4.51. The highest BCUT2D eigenvalue weighted by molar-refractivity contribution is 7.98. The summed E-state index contributed by atoms with van der Waals surface area (Å²) in [6.07, 6.45) is 0. The molecular weight excluding hydrogens is 392 g/mol. The molecule has 0 aliphatic carbocycles. The van der Waals surface area contributed by atoms with Gasteiger partial charge in [-0.15, -0.1) is 0 Å². The van der Waals surface area contributed by atoms with Gasteiger partial charge in [0, 0.05) is 5.75 Å². The third kappa shape index (κ3) is 4.26. The van der Waals surface area contributed by atoms with Crippen molar-refractivity contribution in [3.63, 3.8) is 0 Å². The van der Waals surface area contributed by atoms with Crippen LogP contribution in [0.15, 0.2) is 76.7 Å². The summed E-state index contributed by atoms with van der Waals surface area (Å²) < 4.78 is 7.12. The van der Waals surface area contributed by atoms with E-state index in [0.29, 0.717) is 11.9 Å². The van der Waals surface area contributed by atoms with Gasteiger partial charge in [-0.1, -0.05) is 59.8 Å². The fourth-order valence-electron chi connectivity index (χ4n) is 3.45. The highest BCUT2D eigenvalue weighted by Crippen LogP contribution is 2.25. The molecule has 0 aliphatic heterocycles. The first-order valence-corrected chi connectivity index (χ1v) is 10.8. The minimum absolute atomic E-state index is 0.0214. The number of thioether (sulfide) groups is 1. The van der Waals surface area contributed by atoms with Crippen molar-refractivity contribution < 1.29 is 4.74 Å². The average molecular weight is 417 g/mol. The quantitative estimate of drug-likeness (QED) is 0.313. The van der Waals surface area contributed by atoms with Crippen LogP contribution in [0.2, 0.25) is 0 Å². The van der Waals surface area contributed by atoms with Gasteiger partial charge in [-0.25, -0.2) is 4.98 Å². The summed E-state index contributed by atoms with van der Waals surface area (Å²) in [7, 11) is 1.65. The van der Waals surface area contributed by atoms with E-state index in [9.17, 15) is 4.79 Å². The van der Waals surface area contributed by atoms with Gasteiger partial charge in [0.05, 0.1) is 24.6 Å². The monoisotopic (exact) mass is 416 g/mol. The van der Waals surface area contributed by atoms with E-state index >= 15 is 0 Å². The van der Waals surface area contributed by atoms with Crippen LogP contribution >= 0.6 is 11.8 Å². The highest BCUT2D eigenvalue weighted by Gasteiger charge is 2.13. The number of benzene rings is 3. The third-order valence-corrected chi connectivity index (χ3v) is 6.19. The molecule has 0 atom stereocenters. The molecule has 0 amide bonds. The van der Waals surface area contributed by atoms with Crippen LogP contribution in [-0.2, 0) is 12.3 Å². The number of hydrogen-bond acceptors (Lipinski definition) is 4. The summed E-state index contributed by atoms with van der Waals surface area (Å²) in [5.41, 5.74) is 5.45. The van der Waals surface area contributed by atoms with Crippen LogP contribution in [0.1, 0.15) is 22.3 Å². The zero-order chi connectivity index (χ0) is 21.1. The first-order valence-electron chi connectivity index (χ1n) is 9.86. The predicted molar refractivity (Wildman–Crippen MR) is 124 cm³/mol. The Bertz CT molecular complexity index is 1260. The van der Waals surface area contributed by atoms with Crippen molar-refractivity contribution in [2.45, 2.75) is 31.3 Å². The second-order valence-corrected chi connectivity index (χ2v) is 8.32. The SMILES string of the molecule is COc1cccc(Cn2c(SCc3cc(C)ccc3C)nc3ccccc3c2=O)c1. The maximum atomic E-state index is 13.3. The van der Waals surface area contributed by atoms with Gasteiger partial charge in [-0.2, -0.15) is 0 Å². The number of ether oxygens (including phenoxy) is 1. The normalized spacial score (nSPS) is 11.0. The van der Waals surface area contributed by atoms with Crippen molar-refractivity contribution in [2.75, 3.05) is 7.11 Å². The maximum absolute atomic E-state index is 13.3. The van der Waals surface area contributed by atoms with E-state index < -0.39 is 0 Å². The summed E-state index contributed by atoms with van der Waals surface area (Å²) in [6, 6.07) is 21.8. The molecular formula is C25H24N2O2S. The molecule has 1 aromatic heterocycles. The second kappa shape index (κ2) is 8.76. The smallest absolute Gasteiger partial charge is 0.262 e. The summed E-state index contributed by atoms with van der Waals surface area (Å²) in [5, 5.41) is 1.36. The van der Waals surface area contributed by atoms with Gasteiger partial charge in [0.1, 0.15) is 5.75 Å². The lowest BCUT2D eigenvalue weighted by Crippen LogP contribution is -2.24. The zero-order valence-electron chi connectivity index (χ0n) is 17.4. The molecule has 0 saturated heterocycles. The van der Waals surface area contributed by atoms with Crippen LogP contribution in [0.4, 0.5) is 0 Å². The molecule has 152 valence electrons. The number of rotatable bonds is 6. The lowest BCUT2D eigenvalue weighted by Gasteiger charge is -2.14. The van der Waals surface area contributed by atoms with Gasteiger partial charge in [-0.05, 0) is 54.8 Å². The molecule has 0 radical (unpaired) electrons. The minimum Gasteiger partial charge on any atom is -0.497 e. The largest absolute Gasteiger partial charge is 0.497 e. The van der Waals surface area contributed by atoms with Gasteiger partial charge < -0.3 is 4.74 Å². The molecule has 3 aromatic carbocycles. The number of methoxy groups -OCH3 is 1. The van der Waals surface area contributed by atoms with Crippen LogP contribution in [0, 0.1) is 13.8 Å². The molecule has 0 unspecified atom stereocenters. The number of para-hydroxylation sites is 1. The maximum Gasteiger partial charge on any atom is 0.262 e. The van der Waals surface area contributed by atoms with Crippen molar-refractivity contribution in [1.29, 1.82) is 0 Å². The van der Waals surface area contributed by atoms with Crippen molar-refractivity contribution in [2.24, 2.45) is 0 Å². The van der Waals surface area contributed by atoms with E-state index in [1.807, 2.05) is 48.5 Å². The Hall–Kier alpha value is -3.05. The van der Waals surface area contributed by atoms with Crippen molar-refractivity contribution in [3.8, 4) is 5.75 Å². The first kappa shape index (κ1) is 20.2. The predicted octanol–water partition coefficient (Wildman–Crippen LogP) is 5.36. The summed E-state index contributed by atoms with van der Waals surface area (Å²) >= 11 is 1.60. The Morgan fingerprint density at radius 3 is 2.67 bits per heavy atom. The standard InChI is InChI=1S/C25H24N2O2S/c1-17-11-12-18(2)20(13-17)16-30-25-26-23-10-5-4-9-22(23)24(28)27(25)15-19-7-6-8-21(14-19)29-3/h4-14H,15-16H2,1-3H3. The molecule has 0 N–H and O–H groups in total. The van der Waals surface area contributed by atoms with Gasteiger partial charge in [-0.3, -0.25) is 9.36 Å². The lowest BCUT2D eigenvalue weighted by molar-refractivity contribution is 0.414. The summed E-state index contributed by atoms with van der Waals surface area (Å²) in [6.45, 7) is 4.66. The van der Waals surface area contributed by atoms with Crippen LogP contribution in [0.3, 0.4) is 0 Å². The molecule has 4 nitrogen and oxygen atoms in total. The van der Waals surface area contributed by atoms with Crippen LogP contribution in [-0.4, -0.2) is 16.7 Å². The van der Waals surface area contributed by atoms with Gasteiger partial charge in [0.15, 0.2) is 5.16 Å². The van der Waals surface area contributed by atoms with E-state index in [1.54, 1.807) is 23.4 Å². The van der Waals surface area contributed by atoms with E-state index in [2.05, 4.69) is 32.0 Å². The molecule has 4 rings (SSSR count). The van der Waals surface area contributed by atoms with E-state index in [4.69, 9.17) is 9.72 Å². The number of hydrogen-bond donors (Lipinski definition) is 0.